The largest absolute Gasteiger partial charge is 0.477 e. The highest BCUT2D eigenvalue weighted by molar-refractivity contribution is 5.85. The number of hydrogen-bond donors (Lipinski definition) is 1. The summed E-state index contributed by atoms with van der Waals surface area (Å²) >= 11 is 0. The summed E-state index contributed by atoms with van der Waals surface area (Å²) in [4.78, 5) is 17.0. The Kier molecular flexibility index (Phi) is 3.28. The molecule has 2 atom stereocenters. The van der Waals surface area contributed by atoms with Crippen molar-refractivity contribution in [1.82, 2.24) is 4.98 Å². The van der Waals surface area contributed by atoms with Crippen LogP contribution < -0.4 is 4.90 Å². The molecule has 17 heavy (non-hydrogen) atoms. The zero-order valence-electron chi connectivity index (χ0n) is 9.96. The van der Waals surface area contributed by atoms with E-state index < -0.39 is 5.97 Å². The summed E-state index contributed by atoms with van der Waals surface area (Å²) in [5.74, 6) is -0.330. The number of carboxylic acids is 1. The summed E-state index contributed by atoms with van der Waals surface area (Å²) < 4.78 is 5.50. The molecule has 1 fully saturated rings. The van der Waals surface area contributed by atoms with Gasteiger partial charge in [0.05, 0.1) is 12.1 Å². The maximum absolute atomic E-state index is 10.9. The molecule has 0 aromatic carbocycles. The molecular formula is C12H16N2O3. The van der Waals surface area contributed by atoms with E-state index in [1.54, 1.807) is 6.07 Å². The first-order valence-corrected chi connectivity index (χ1v) is 5.64. The standard InChI is InChI=1S/C12H16N2O3/c1-8-10(6-7-17-8)14(2)11-5-3-4-9(13-11)12(15)16/h3-5,8,10H,6-7H2,1-2H3,(H,15,16). The third-order valence-corrected chi connectivity index (χ3v) is 3.15. The minimum absolute atomic E-state index is 0.0703. The van der Waals surface area contributed by atoms with Gasteiger partial charge in [0, 0.05) is 13.7 Å². The monoisotopic (exact) mass is 236 g/mol. The summed E-state index contributed by atoms with van der Waals surface area (Å²) in [6, 6.07) is 5.28. The lowest BCUT2D eigenvalue weighted by atomic mass is 10.1. The Labute approximate surface area is 100 Å². The second-order valence-electron chi connectivity index (χ2n) is 4.23. The Morgan fingerprint density at radius 3 is 2.94 bits per heavy atom. The van der Waals surface area contributed by atoms with Crippen molar-refractivity contribution in [2.45, 2.75) is 25.5 Å². The van der Waals surface area contributed by atoms with Gasteiger partial charge in [-0.2, -0.15) is 0 Å². The highest BCUT2D eigenvalue weighted by Gasteiger charge is 2.28. The Morgan fingerprint density at radius 2 is 2.35 bits per heavy atom. The Hall–Kier alpha value is -1.62. The lowest BCUT2D eigenvalue weighted by Gasteiger charge is -2.27. The summed E-state index contributed by atoms with van der Waals surface area (Å²) in [7, 11) is 1.92. The van der Waals surface area contributed by atoms with Gasteiger partial charge in [-0.3, -0.25) is 0 Å². The van der Waals surface area contributed by atoms with Crippen LogP contribution in [0, 0.1) is 0 Å². The number of carbonyl (C=O) groups is 1. The van der Waals surface area contributed by atoms with Crippen molar-refractivity contribution in [1.29, 1.82) is 0 Å². The smallest absolute Gasteiger partial charge is 0.354 e. The quantitative estimate of drug-likeness (QED) is 0.859. The van der Waals surface area contributed by atoms with E-state index in [1.165, 1.54) is 6.07 Å². The lowest BCUT2D eigenvalue weighted by molar-refractivity contribution is 0.0690. The van der Waals surface area contributed by atoms with Gasteiger partial charge in [0.15, 0.2) is 5.69 Å². The summed E-state index contributed by atoms with van der Waals surface area (Å²) in [6.07, 6.45) is 1.09. The van der Waals surface area contributed by atoms with Crippen molar-refractivity contribution in [3.05, 3.63) is 23.9 Å². The summed E-state index contributed by atoms with van der Waals surface area (Å²) in [5, 5.41) is 8.90. The molecule has 0 radical (unpaired) electrons. The van der Waals surface area contributed by atoms with Gasteiger partial charge in [-0.15, -0.1) is 0 Å². The number of likely N-dealkylation sites (N-methyl/N-ethyl adjacent to an activating group) is 1. The van der Waals surface area contributed by atoms with E-state index in [1.807, 2.05) is 24.9 Å². The topological polar surface area (TPSA) is 62.7 Å². The molecule has 2 unspecified atom stereocenters. The van der Waals surface area contributed by atoms with Crippen LogP contribution in [0.25, 0.3) is 0 Å². The maximum atomic E-state index is 10.9. The maximum Gasteiger partial charge on any atom is 0.354 e. The van der Waals surface area contributed by atoms with Crippen molar-refractivity contribution < 1.29 is 14.6 Å². The van der Waals surface area contributed by atoms with Crippen LogP contribution in [-0.2, 0) is 4.74 Å². The van der Waals surface area contributed by atoms with Crippen LogP contribution in [0.3, 0.4) is 0 Å². The van der Waals surface area contributed by atoms with Crippen LogP contribution in [-0.4, -0.2) is 41.9 Å². The molecule has 0 amide bonds. The fraction of sp³-hybridized carbons (Fsp3) is 0.500. The number of nitrogens with zero attached hydrogens (tertiary/aromatic N) is 2. The van der Waals surface area contributed by atoms with Gasteiger partial charge in [0.1, 0.15) is 5.82 Å². The first kappa shape index (κ1) is 11.9. The normalized spacial score (nSPS) is 23.6. The fourth-order valence-electron chi connectivity index (χ4n) is 2.14. The number of rotatable bonds is 3. The fourth-order valence-corrected chi connectivity index (χ4v) is 2.14. The van der Waals surface area contributed by atoms with E-state index >= 15 is 0 Å². The Bertz CT molecular complexity index is 422. The molecule has 1 aliphatic rings. The third kappa shape index (κ3) is 2.39. The van der Waals surface area contributed by atoms with E-state index in [0.29, 0.717) is 5.82 Å². The summed E-state index contributed by atoms with van der Waals surface area (Å²) in [5.41, 5.74) is 0.0703. The van der Waals surface area contributed by atoms with E-state index in [9.17, 15) is 4.79 Å². The highest BCUT2D eigenvalue weighted by atomic mass is 16.5. The van der Waals surface area contributed by atoms with E-state index in [4.69, 9.17) is 9.84 Å². The summed E-state index contributed by atoms with van der Waals surface area (Å²) in [6.45, 7) is 2.77. The molecule has 1 N–H and O–H groups in total. The van der Waals surface area contributed by atoms with Crippen LogP contribution in [0.5, 0.6) is 0 Å². The number of hydrogen-bond acceptors (Lipinski definition) is 4. The van der Waals surface area contributed by atoms with Crippen LogP contribution >= 0.6 is 0 Å². The molecule has 5 nitrogen and oxygen atoms in total. The molecule has 1 aromatic heterocycles. The molecule has 1 aliphatic heterocycles. The minimum Gasteiger partial charge on any atom is -0.477 e. The van der Waals surface area contributed by atoms with Gasteiger partial charge in [-0.05, 0) is 25.5 Å². The zero-order chi connectivity index (χ0) is 12.4. The number of pyridine rings is 1. The first-order chi connectivity index (χ1) is 8.09. The second-order valence-corrected chi connectivity index (χ2v) is 4.23. The van der Waals surface area contributed by atoms with Gasteiger partial charge in [0.25, 0.3) is 0 Å². The number of aromatic nitrogens is 1. The van der Waals surface area contributed by atoms with Crippen molar-refractivity contribution in [2.24, 2.45) is 0 Å². The lowest BCUT2D eigenvalue weighted by Crippen LogP contribution is -2.37. The average molecular weight is 236 g/mol. The average Bonchev–Trinajstić information content (AvgIpc) is 2.74. The molecular weight excluding hydrogens is 220 g/mol. The number of aromatic carboxylic acids is 1. The first-order valence-electron chi connectivity index (χ1n) is 5.64. The van der Waals surface area contributed by atoms with Gasteiger partial charge < -0.3 is 14.7 Å². The number of anilines is 1. The molecule has 0 saturated carbocycles. The van der Waals surface area contributed by atoms with Crippen LogP contribution in [0.1, 0.15) is 23.8 Å². The molecule has 2 rings (SSSR count). The van der Waals surface area contributed by atoms with Gasteiger partial charge in [-0.25, -0.2) is 9.78 Å². The molecule has 92 valence electrons. The van der Waals surface area contributed by atoms with Crippen molar-refractivity contribution in [3.8, 4) is 0 Å². The zero-order valence-corrected chi connectivity index (χ0v) is 9.96. The Balaban J connectivity index is 2.21. The minimum atomic E-state index is -1.00. The van der Waals surface area contributed by atoms with Gasteiger partial charge in [-0.1, -0.05) is 6.07 Å². The molecule has 5 heteroatoms. The number of ether oxygens (including phenoxy) is 1. The molecule has 0 aliphatic carbocycles. The van der Waals surface area contributed by atoms with Crippen LogP contribution in [0.2, 0.25) is 0 Å². The van der Waals surface area contributed by atoms with Crippen LogP contribution in [0.4, 0.5) is 5.82 Å². The van der Waals surface area contributed by atoms with Crippen molar-refractivity contribution >= 4 is 11.8 Å². The Morgan fingerprint density at radius 1 is 1.59 bits per heavy atom. The predicted molar refractivity (Wildman–Crippen MR) is 63.4 cm³/mol. The highest BCUT2D eigenvalue weighted by Crippen LogP contribution is 2.22. The molecule has 2 heterocycles. The van der Waals surface area contributed by atoms with Gasteiger partial charge in [0.2, 0.25) is 0 Å². The van der Waals surface area contributed by atoms with Crippen molar-refractivity contribution in [2.75, 3.05) is 18.6 Å². The second kappa shape index (κ2) is 4.71. The molecule has 0 bridgehead atoms. The van der Waals surface area contributed by atoms with Gasteiger partial charge >= 0.3 is 5.97 Å². The number of carboxylic acid groups (broad SMARTS) is 1. The van der Waals surface area contributed by atoms with E-state index in [-0.39, 0.29) is 17.8 Å². The third-order valence-electron chi connectivity index (χ3n) is 3.15. The predicted octanol–water partition coefficient (Wildman–Crippen LogP) is 1.39. The SMILES string of the molecule is CC1OCCC1N(C)c1cccc(C(=O)O)n1. The molecule has 1 saturated heterocycles. The molecule has 0 spiro atoms. The van der Waals surface area contributed by atoms with E-state index in [0.717, 1.165) is 13.0 Å². The van der Waals surface area contributed by atoms with E-state index in [2.05, 4.69) is 4.98 Å². The van der Waals surface area contributed by atoms with Crippen molar-refractivity contribution in [3.63, 3.8) is 0 Å². The van der Waals surface area contributed by atoms with Crippen LogP contribution in [0.15, 0.2) is 18.2 Å². The molecule has 1 aromatic rings.